The number of aryl methyl sites for hydroxylation is 1. The highest BCUT2D eigenvalue weighted by Gasteiger charge is 2.18. The molecule has 0 spiro atoms. The molecule has 5 N–H and O–H groups in total. The molecule has 0 saturated heterocycles. The summed E-state index contributed by atoms with van der Waals surface area (Å²) in [6.07, 6.45) is 2.39. The lowest BCUT2D eigenvalue weighted by atomic mass is 10.1. The summed E-state index contributed by atoms with van der Waals surface area (Å²) in [6.45, 7) is 1.89. The molecule has 0 bridgehead atoms. The first-order valence-electron chi connectivity index (χ1n) is 6.87. The van der Waals surface area contributed by atoms with Crippen LogP contribution in [0.3, 0.4) is 0 Å². The van der Waals surface area contributed by atoms with Crippen LogP contribution in [0.4, 0.5) is 11.5 Å². The summed E-state index contributed by atoms with van der Waals surface area (Å²) in [6, 6.07) is 6.61. The van der Waals surface area contributed by atoms with Gasteiger partial charge in [-0.2, -0.15) is 0 Å². The second-order valence-electron chi connectivity index (χ2n) is 4.67. The predicted octanol–water partition coefficient (Wildman–Crippen LogP) is 1.70. The third-order valence-electron chi connectivity index (χ3n) is 3.14. The lowest BCUT2D eigenvalue weighted by Crippen LogP contribution is -2.19. The van der Waals surface area contributed by atoms with Gasteiger partial charge in [-0.05, 0) is 30.9 Å². The maximum Gasteiger partial charge on any atom is 0.254 e. The SMILES string of the molecule is CCc1nc(SC)nc(Nc2cccc(C(N)=O)c2)c1C(N)=O. The summed E-state index contributed by atoms with van der Waals surface area (Å²) in [4.78, 5) is 31.7. The van der Waals surface area contributed by atoms with Crippen molar-refractivity contribution in [3.8, 4) is 0 Å². The van der Waals surface area contributed by atoms with Gasteiger partial charge in [-0.3, -0.25) is 9.59 Å². The minimum absolute atomic E-state index is 0.245. The zero-order valence-electron chi connectivity index (χ0n) is 12.8. The third kappa shape index (κ3) is 3.78. The van der Waals surface area contributed by atoms with Crippen molar-refractivity contribution in [3.05, 3.63) is 41.1 Å². The second kappa shape index (κ2) is 7.10. The minimum atomic E-state index is -0.608. The van der Waals surface area contributed by atoms with E-state index >= 15 is 0 Å². The van der Waals surface area contributed by atoms with Crippen LogP contribution in [0.1, 0.15) is 33.3 Å². The van der Waals surface area contributed by atoms with Crippen molar-refractivity contribution in [2.75, 3.05) is 11.6 Å². The van der Waals surface area contributed by atoms with Crippen LogP contribution in [-0.2, 0) is 6.42 Å². The average Bonchev–Trinajstić information content (AvgIpc) is 2.53. The first-order chi connectivity index (χ1) is 11.0. The Kier molecular flexibility index (Phi) is 5.17. The van der Waals surface area contributed by atoms with E-state index in [4.69, 9.17) is 11.5 Å². The summed E-state index contributed by atoms with van der Waals surface area (Å²) in [5.74, 6) is -0.830. The Morgan fingerprint density at radius 3 is 2.52 bits per heavy atom. The number of carbonyl (C=O) groups is 2. The van der Waals surface area contributed by atoms with Crippen molar-refractivity contribution in [2.45, 2.75) is 18.5 Å². The Balaban J connectivity index is 2.51. The quantitative estimate of drug-likeness (QED) is 0.546. The van der Waals surface area contributed by atoms with Crippen LogP contribution in [0.15, 0.2) is 29.4 Å². The van der Waals surface area contributed by atoms with Crippen LogP contribution < -0.4 is 16.8 Å². The van der Waals surface area contributed by atoms with Gasteiger partial charge < -0.3 is 16.8 Å². The van der Waals surface area contributed by atoms with Gasteiger partial charge in [-0.15, -0.1) is 0 Å². The van der Waals surface area contributed by atoms with E-state index in [0.29, 0.717) is 34.3 Å². The number of hydrogen-bond acceptors (Lipinski definition) is 6. The van der Waals surface area contributed by atoms with Crippen LogP contribution in [0.5, 0.6) is 0 Å². The molecule has 0 radical (unpaired) electrons. The third-order valence-corrected chi connectivity index (χ3v) is 3.68. The Labute approximate surface area is 137 Å². The van der Waals surface area contributed by atoms with E-state index in [1.807, 2.05) is 13.2 Å². The molecule has 1 aromatic carbocycles. The van der Waals surface area contributed by atoms with E-state index in [9.17, 15) is 9.59 Å². The number of nitrogens with one attached hydrogen (secondary N) is 1. The molecule has 0 saturated carbocycles. The molecule has 0 aliphatic heterocycles. The fourth-order valence-electron chi connectivity index (χ4n) is 2.07. The van der Waals surface area contributed by atoms with Gasteiger partial charge >= 0.3 is 0 Å². The lowest BCUT2D eigenvalue weighted by Gasteiger charge is -2.13. The van der Waals surface area contributed by atoms with E-state index in [1.165, 1.54) is 11.8 Å². The van der Waals surface area contributed by atoms with Crippen molar-refractivity contribution in [3.63, 3.8) is 0 Å². The molecule has 8 heteroatoms. The molecule has 2 amide bonds. The summed E-state index contributed by atoms with van der Waals surface area (Å²) >= 11 is 1.36. The Hall–Kier alpha value is -2.61. The normalized spacial score (nSPS) is 10.3. The predicted molar refractivity (Wildman–Crippen MR) is 90.0 cm³/mol. The van der Waals surface area contributed by atoms with Gasteiger partial charge in [0.05, 0.1) is 5.69 Å². The summed E-state index contributed by atoms with van der Waals surface area (Å²) < 4.78 is 0. The van der Waals surface area contributed by atoms with Crippen LogP contribution in [0.25, 0.3) is 0 Å². The molecule has 1 aromatic heterocycles. The first-order valence-corrected chi connectivity index (χ1v) is 8.10. The highest BCUT2D eigenvalue weighted by atomic mass is 32.2. The van der Waals surface area contributed by atoms with E-state index in [-0.39, 0.29) is 5.56 Å². The number of benzene rings is 1. The zero-order chi connectivity index (χ0) is 17.0. The number of rotatable bonds is 6. The second-order valence-corrected chi connectivity index (χ2v) is 5.44. The smallest absolute Gasteiger partial charge is 0.254 e. The minimum Gasteiger partial charge on any atom is -0.366 e. The largest absolute Gasteiger partial charge is 0.366 e. The summed E-state index contributed by atoms with van der Waals surface area (Å²) in [5, 5.41) is 3.55. The molecule has 0 aliphatic rings. The van der Waals surface area contributed by atoms with Gasteiger partial charge in [0, 0.05) is 11.3 Å². The molecule has 2 rings (SSSR count). The fraction of sp³-hybridized carbons (Fsp3) is 0.200. The van der Waals surface area contributed by atoms with E-state index < -0.39 is 11.8 Å². The molecular formula is C15H17N5O2S. The zero-order valence-corrected chi connectivity index (χ0v) is 13.6. The number of amides is 2. The molecule has 2 aromatic rings. The van der Waals surface area contributed by atoms with Crippen LogP contribution in [0.2, 0.25) is 0 Å². The van der Waals surface area contributed by atoms with Crippen LogP contribution in [-0.4, -0.2) is 28.0 Å². The molecule has 120 valence electrons. The molecule has 0 unspecified atom stereocenters. The van der Waals surface area contributed by atoms with Gasteiger partial charge in [0.15, 0.2) is 5.16 Å². The van der Waals surface area contributed by atoms with Crippen LogP contribution >= 0.6 is 11.8 Å². The van der Waals surface area contributed by atoms with Gasteiger partial charge in [-0.25, -0.2) is 9.97 Å². The molecule has 23 heavy (non-hydrogen) atoms. The van der Waals surface area contributed by atoms with Crippen LogP contribution in [0, 0.1) is 0 Å². The monoisotopic (exact) mass is 331 g/mol. The van der Waals surface area contributed by atoms with E-state index in [0.717, 1.165) is 0 Å². The number of carbonyl (C=O) groups excluding carboxylic acids is 2. The summed E-state index contributed by atoms with van der Waals surface area (Å²) in [7, 11) is 0. The maximum absolute atomic E-state index is 11.8. The van der Waals surface area contributed by atoms with Gasteiger partial charge in [-0.1, -0.05) is 24.8 Å². The molecule has 0 atom stereocenters. The topological polar surface area (TPSA) is 124 Å². The van der Waals surface area contributed by atoms with Crippen molar-refractivity contribution in [2.24, 2.45) is 11.5 Å². The van der Waals surface area contributed by atoms with Gasteiger partial charge in [0.1, 0.15) is 11.4 Å². The Bertz CT molecular complexity index is 764. The number of nitrogens with zero attached hydrogens (tertiary/aromatic N) is 2. The van der Waals surface area contributed by atoms with Crippen molar-refractivity contribution >= 4 is 35.1 Å². The standard InChI is InChI=1S/C15H17N5O2S/c1-3-10-11(13(17)22)14(20-15(19-10)23-2)18-9-6-4-5-8(7-9)12(16)21/h4-7H,3H2,1-2H3,(H2,16,21)(H2,17,22)(H,18,19,20). The first kappa shape index (κ1) is 16.8. The highest BCUT2D eigenvalue weighted by molar-refractivity contribution is 7.98. The molecule has 0 fully saturated rings. The molecule has 0 aliphatic carbocycles. The fourth-order valence-corrected chi connectivity index (χ4v) is 2.45. The van der Waals surface area contributed by atoms with Gasteiger partial charge in [0.2, 0.25) is 5.91 Å². The van der Waals surface area contributed by atoms with E-state index in [1.54, 1.807) is 24.3 Å². The lowest BCUT2D eigenvalue weighted by molar-refractivity contribution is 0.0991. The Morgan fingerprint density at radius 2 is 1.96 bits per heavy atom. The number of nitrogens with two attached hydrogens (primary N) is 2. The number of primary amides is 2. The molecule has 7 nitrogen and oxygen atoms in total. The number of anilines is 2. The molecular weight excluding hydrogens is 314 g/mol. The molecule has 1 heterocycles. The van der Waals surface area contributed by atoms with Gasteiger partial charge in [0.25, 0.3) is 5.91 Å². The Morgan fingerprint density at radius 1 is 1.22 bits per heavy atom. The van der Waals surface area contributed by atoms with Crippen molar-refractivity contribution in [1.29, 1.82) is 0 Å². The number of hydrogen-bond donors (Lipinski definition) is 3. The highest BCUT2D eigenvalue weighted by Crippen LogP contribution is 2.24. The van der Waals surface area contributed by atoms with E-state index in [2.05, 4.69) is 15.3 Å². The van der Waals surface area contributed by atoms with Crippen molar-refractivity contribution in [1.82, 2.24) is 9.97 Å². The average molecular weight is 331 g/mol. The maximum atomic E-state index is 11.8. The number of thioether (sulfide) groups is 1. The van der Waals surface area contributed by atoms with Crippen molar-refractivity contribution < 1.29 is 9.59 Å². The summed E-state index contributed by atoms with van der Waals surface area (Å²) in [5.41, 5.74) is 12.5. The number of aromatic nitrogens is 2.